The minimum Gasteiger partial charge on any atom is -0.496 e. The van der Waals surface area contributed by atoms with Crippen molar-refractivity contribution in [2.24, 2.45) is 0 Å². The maximum absolute atomic E-state index is 5.45. The first-order chi connectivity index (χ1) is 7.83. The van der Waals surface area contributed by atoms with Gasteiger partial charge < -0.3 is 10.1 Å². The Labute approximate surface area is 101 Å². The van der Waals surface area contributed by atoms with Gasteiger partial charge in [0.25, 0.3) is 0 Å². The monoisotopic (exact) mass is 235 g/mol. The van der Waals surface area contributed by atoms with E-state index in [2.05, 4.69) is 23.5 Å². The van der Waals surface area contributed by atoms with Gasteiger partial charge in [0.15, 0.2) is 0 Å². The summed E-state index contributed by atoms with van der Waals surface area (Å²) in [6.45, 7) is 2.31. The van der Waals surface area contributed by atoms with Gasteiger partial charge in [-0.15, -0.1) is 11.8 Å². The number of fused-ring (bicyclic) bond motifs is 1. The summed E-state index contributed by atoms with van der Waals surface area (Å²) in [7, 11) is 1.77. The first-order valence-corrected chi connectivity index (χ1v) is 6.70. The molecule has 0 unspecified atom stereocenters. The first kappa shape index (κ1) is 10.5. The molecule has 1 aromatic rings. The maximum atomic E-state index is 5.45. The van der Waals surface area contributed by atoms with Gasteiger partial charge in [-0.25, -0.2) is 0 Å². The smallest absolute Gasteiger partial charge is 0.132 e. The van der Waals surface area contributed by atoms with Gasteiger partial charge >= 0.3 is 0 Å². The molecule has 3 heteroatoms. The molecule has 0 bridgehead atoms. The van der Waals surface area contributed by atoms with Crippen LogP contribution >= 0.6 is 11.8 Å². The normalized spacial score (nSPS) is 22.1. The zero-order chi connectivity index (χ0) is 11.0. The molecular weight excluding hydrogens is 218 g/mol. The van der Waals surface area contributed by atoms with Crippen molar-refractivity contribution in [3.8, 4) is 5.75 Å². The van der Waals surface area contributed by atoms with Crippen molar-refractivity contribution in [2.75, 3.05) is 20.2 Å². The van der Waals surface area contributed by atoms with Crippen LogP contribution in [-0.2, 0) is 6.42 Å². The average Bonchev–Trinajstić information content (AvgIpc) is 2.67. The Balaban J connectivity index is 1.93. The molecule has 0 saturated carbocycles. The second-order valence-electron chi connectivity index (χ2n) is 4.66. The van der Waals surface area contributed by atoms with Crippen LogP contribution in [0.3, 0.4) is 0 Å². The molecule has 2 aliphatic rings. The molecule has 1 aromatic carbocycles. The number of rotatable bonds is 1. The summed E-state index contributed by atoms with van der Waals surface area (Å²) in [5.74, 6) is 1.05. The lowest BCUT2D eigenvalue weighted by Crippen LogP contribution is -2.39. The number of hydrogen-bond acceptors (Lipinski definition) is 3. The Morgan fingerprint density at radius 2 is 2.12 bits per heavy atom. The first-order valence-electron chi connectivity index (χ1n) is 5.89. The van der Waals surface area contributed by atoms with Gasteiger partial charge in [0.2, 0.25) is 0 Å². The van der Waals surface area contributed by atoms with E-state index in [4.69, 9.17) is 4.74 Å². The summed E-state index contributed by atoms with van der Waals surface area (Å²) in [5.41, 5.74) is 1.48. The van der Waals surface area contributed by atoms with Gasteiger partial charge in [0.05, 0.1) is 12.0 Å². The van der Waals surface area contributed by atoms with E-state index in [1.54, 1.807) is 7.11 Å². The van der Waals surface area contributed by atoms with Crippen LogP contribution < -0.4 is 10.1 Å². The minimum atomic E-state index is 0.447. The quantitative estimate of drug-likeness (QED) is 0.808. The number of nitrogens with one attached hydrogen (secondary N) is 1. The molecule has 1 spiro atoms. The summed E-state index contributed by atoms with van der Waals surface area (Å²) >= 11 is 2.05. The van der Waals surface area contributed by atoms with Crippen LogP contribution in [0, 0.1) is 0 Å². The predicted molar refractivity (Wildman–Crippen MR) is 67.4 cm³/mol. The molecule has 86 valence electrons. The predicted octanol–water partition coefficient (Wildman–Crippen LogP) is 2.47. The minimum absolute atomic E-state index is 0.447. The lowest BCUT2D eigenvalue weighted by molar-refractivity contribution is 0.404. The Bertz CT molecular complexity index is 399. The fourth-order valence-corrected chi connectivity index (χ4v) is 4.33. The van der Waals surface area contributed by atoms with Crippen molar-refractivity contribution in [1.82, 2.24) is 5.32 Å². The number of hydrogen-bond donors (Lipinski definition) is 1. The molecule has 0 amide bonds. The van der Waals surface area contributed by atoms with E-state index < -0.39 is 0 Å². The fraction of sp³-hybridized carbons (Fsp3) is 0.538. The molecule has 1 fully saturated rings. The molecule has 0 radical (unpaired) electrons. The molecule has 2 aliphatic heterocycles. The molecule has 3 rings (SSSR count). The second kappa shape index (κ2) is 3.97. The Kier molecular flexibility index (Phi) is 2.60. The van der Waals surface area contributed by atoms with Crippen molar-refractivity contribution in [3.63, 3.8) is 0 Å². The van der Waals surface area contributed by atoms with E-state index in [1.165, 1.54) is 29.7 Å². The molecule has 0 aliphatic carbocycles. The lowest BCUT2D eigenvalue weighted by atomic mass is 9.90. The Hall–Kier alpha value is -0.670. The standard InChI is InChI=1S/C13H17NOS/c1-15-11-4-2-3-10-9-13(16-12(10)11)5-7-14-8-6-13/h2-4,14H,5-9H2,1H3. The zero-order valence-electron chi connectivity index (χ0n) is 9.58. The highest BCUT2D eigenvalue weighted by Crippen LogP contribution is 2.52. The van der Waals surface area contributed by atoms with Crippen LogP contribution in [-0.4, -0.2) is 24.9 Å². The van der Waals surface area contributed by atoms with Crippen molar-refractivity contribution >= 4 is 11.8 Å². The van der Waals surface area contributed by atoms with Crippen molar-refractivity contribution in [1.29, 1.82) is 0 Å². The molecular formula is C13H17NOS. The summed E-state index contributed by atoms with van der Waals surface area (Å²) in [4.78, 5) is 1.38. The number of ether oxygens (including phenoxy) is 1. The van der Waals surface area contributed by atoms with Crippen LogP contribution in [0.5, 0.6) is 5.75 Å². The van der Waals surface area contributed by atoms with Crippen LogP contribution in [0.15, 0.2) is 23.1 Å². The summed E-state index contributed by atoms with van der Waals surface area (Å²) < 4.78 is 5.90. The number of piperidine rings is 1. The van der Waals surface area contributed by atoms with Crippen LogP contribution in [0.4, 0.5) is 0 Å². The van der Waals surface area contributed by atoms with Gasteiger partial charge in [-0.05, 0) is 44.0 Å². The largest absolute Gasteiger partial charge is 0.496 e. The molecule has 1 N–H and O–H groups in total. The molecule has 0 atom stereocenters. The van der Waals surface area contributed by atoms with Gasteiger partial charge in [0.1, 0.15) is 5.75 Å². The third kappa shape index (κ3) is 1.62. The topological polar surface area (TPSA) is 21.3 Å². The molecule has 2 heterocycles. The lowest BCUT2D eigenvalue weighted by Gasteiger charge is -2.32. The fourth-order valence-electron chi connectivity index (χ4n) is 2.74. The highest BCUT2D eigenvalue weighted by Gasteiger charge is 2.40. The van der Waals surface area contributed by atoms with Crippen molar-refractivity contribution in [3.05, 3.63) is 23.8 Å². The van der Waals surface area contributed by atoms with Crippen LogP contribution in [0.2, 0.25) is 0 Å². The zero-order valence-corrected chi connectivity index (χ0v) is 10.4. The SMILES string of the molecule is COc1cccc2c1SC1(CCNCC1)C2. The average molecular weight is 235 g/mol. The van der Waals surface area contributed by atoms with E-state index in [9.17, 15) is 0 Å². The Morgan fingerprint density at radius 1 is 1.31 bits per heavy atom. The number of methoxy groups -OCH3 is 1. The maximum Gasteiger partial charge on any atom is 0.132 e. The van der Waals surface area contributed by atoms with Gasteiger partial charge in [0, 0.05) is 4.75 Å². The molecule has 1 saturated heterocycles. The van der Waals surface area contributed by atoms with Crippen molar-refractivity contribution < 1.29 is 4.74 Å². The second-order valence-corrected chi connectivity index (χ2v) is 6.14. The van der Waals surface area contributed by atoms with Gasteiger partial charge in [-0.2, -0.15) is 0 Å². The van der Waals surface area contributed by atoms with E-state index in [1.807, 2.05) is 11.8 Å². The highest BCUT2D eigenvalue weighted by atomic mass is 32.2. The van der Waals surface area contributed by atoms with Gasteiger partial charge in [-0.1, -0.05) is 12.1 Å². The third-order valence-electron chi connectivity index (χ3n) is 3.63. The highest BCUT2D eigenvalue weighted by molar-refractivity contribution is 8.01. The van der Waals surface area contributed by atoms with E-state index >= 15 is 0 Å². The number of thioether (sulfide) groups is 1. The van der Waals surface area contributed by atoms with Gasteiger partial charge in [-0.3, -0.25) is 0 Å². The third-order valence-corrected chi connectivity index (χ3v) is 5.28. The van der Waals surface area contributed by atoms with E-state index in [0.29, 0.717) is 4.75 Å². The summed E-state index contributed by atoms with van der Waals surface area (Å²) in [6.07, 6.45) is 3.76. The van der Waals surface area contributed by atoms with Crippen LogP contribution in [0.25, 0.3) is 0 Å². The van der Waals surface area contributed by atoms with E-state index in [-0.39, 0.29) is 0 Å². The summed E-state index contributed by atoms with van der Waals surface area (Å²) in [6, 6.07) is 6.44. The number of benzene rings is 1. The molecule has 16 heavy (non-hydrogen) atoms. The van der Waals surface area contributed by atoms with E-state index in [0.717, 1.165) is 18.8 Å². The summed E-state index contributed by atoms with van der Waals surface area (Å²) in [5, 5.41) is 3.45. The van der Waals surface area contributed by atoms with Crippen molar-refractivity contribution in [2.45, 2.75) is 28.9 Å². The molecule has 2 nitrogen and oxygen atoms in total. The molecule has 0 aromatic heterocycles. The Morgan fingerprint density at radius 3 is 2.88 bits per heavy atom. The van der Waals surface area contributed by atoms with Crippen LogP contribution in [0.1, 0.15) is 18.4 Å².